The molecule has 0 aliphatic carbocycles. The SMILES string of the molecule is O=S(=O)(c1cc(F)cc(F)c1)N1CC(Cn2cc(Br)cn2)C1. The summed E-state index contributed by atoms with van der Waals surface area (Å²) >= 11 is 3.29. The Morgan fingerprint density at radius 2 is 1.86 bits per heavy atom. The quantitative estimate of drug-likeness (QED) is 0.802. The Labute approximate surface area is 134 Å². The van der Waals surface area contributed by atoms with Gasteiger partial charge in [-0.2, -0.15) is 9.40 Å². The molecule has 118 valence electrons. The Morgan fingerprint density at radius 1 is 1.23 bits per heavy atom. The molecule has 0 unspecified atom stereocenters. The highest BCUT2D eigenvalue weighted by Crippen LogP contribution is 2.27. The standard InChI is InChI=1S/C13H12BrF2N3O2S/c14-10-4-17-18(8-10)5-9-6-19(7-9)22(20,21)13-2-11(15)1-12(16)3-13/h1-4,8-9H,5-7H2. The first-order valence-corrected chi connectivity index (χ1v) is 8.72. The van der Waals surface area contributed by atoms with Crippen molar-refractivity contribution in [3.05, 3.63) is 46.7 Å². The highest BCUT2D eigenvalue weighted by molar-refractivity contribution is 9.10. The zero-order valence-corrected chi connectivity index (χ0v) is 13.7. The van der Waals surface area contributed by atoms with Crippen LogP contribution in [0.25, 0.3) is 0 Å². The van der Waals surface area contributed by atoms with Crippen molar-refractivity contribution in [2.75, 3.05) is 13.1 Å². The van der Waals surface area contributed by atoms with Crippen molar-refractivity contribution in [2.45, 2.75) is 11.4 Å². The molecule has 2 aromatic rings. The Bertz CT molecular complexity index is 783. The number of rotatable bonds is 4. The molecule has 0 saturated carbocycles. The maximum atomic E-state index is 13.2. The third-order valence-corrected chi connectivity index (χ3v) is 5.66. The van der Waals surface area contributed by atoms with E-state index in [1.54, 1.807) is 17.1 Å². The number of halogens is 3. The van der Waals surface area contributed by atoms with Gasteiger partial charge in [-0.25, -0.2) is 17.2 Å². The van der Waals surface area contributed by atoms with Crippen LogP contribution in [0.2, 0.25) is 0 Å². The van der Waals surface area contributed by atoms with E-state index in [0.29, 0.717) is 25.7 Å². The van der Waals surface area contributed by atoms with Gasteiger partial charge in [0, 0.05) is 37.8 Å². The van der Waals surface area contributed by atoms with Gasteiger partial charge in [0.1, 0.15) is 11.6 Å². The minimum atomic E-state index is -3.85. The lowest BCUT2D eigenvalue weighted by molar-refractivity contribution is 0.175. The number of hydrogen-bond acceptors (Lipinski definition) is 3. The van der Waals surface area contributed by atoms with Gasteiger partial charge in [0.05, 0.1) is 15.6 Å². The summed E-state index contributed by atoms with van der Waals surface area (Å²) in [5.41, 5.74) is 0. The van der Waals surface area contributed by atoms with Crippen LogP contribution >= 0.6 is 15.9 Å². The van der Waals surface area contributed by atoms with E-state index in [1.165, 1.54) is 4.31 Å². The smallest absolute Gasteiger partial charge is 0.243 e. The van der Waals surface area contributed by atoms with E-state index in [9.17, 15) is 17.2 Å². The predicted octanol–water partition coefficient (Wildman–Crippen LogP) is 2.24. The molecule has 1 saturated heterocycles. The van der Waals surface area contributed by atoms with E-state index in [0.717, 1.165) is 16.6 Å². The highest BCUT2D eigenvalue weighted by Gasteiger charge is 2.37. The van der Waals surface area contributed by atoms with Gasteiger partial charge in [-0.05, 0) is 28.1 Å². The summed E-state index contributed by atoms with van der Waals surface area (Å²) in [5.74, 6) is -1.69. The molecule has 0 radical (unpaired) electrons. The fraction of sp³-hybridized carbons (Fsp3) is 0.308. The van der Waals surface area contributed by atoms with Crippen LogP contribution in [0.1, 0.15) is 0 Å². The van der Waals surface area contributed by atoms with Crippen LogP contribution in [0, 0.1) is 17.6 Å². The Hall–Kier alpha value is -1.32. The minimum Gasteiger partial charge on any atom is -0.271 e. The molecule has 22 heavy (non-hydrogen) atoms. The van der Waals surface area contributed by atoms with Crippen LogP contribution < -0.4 is 0 Å². The number of sulfonamides is 1. The van der Waals surface area contributed by atoms with E-state index in [4.69, 9.17) is 0 Å². The average molecular weight is 392 g/mol. The summed E-state index contributed by atoms with van der Waals surface area (Å²) in [5, 5.41) is 4.11. The van der Waals surface area contributed by atoms with Crippen LogP contribution in [0.4, 0.5) is 8.78 Å². The summed E-state index contributed by atoms with van der Waals surface area (Å²) in [6.45, 7) is 1.20. The molecule has 1 aromatic heterocycles. The zero-order chi connectivity index (χ0) is 15.9. The third kappa shape index (κ3) is 3.06. The van der Waals surface area contributed by atoms with Crippen LogP contribution in [-0.2, 0) is 16.6 Å². The molecule has 0 N–H and O–H groups in total. The molecule has 3 rings (SSSR count). The van der Waals surface area contributed by atoms with Gasteiger partial charge in [0.2, 0.25) is 10.0 Å². The lowest BCUT2D eigenvalue weighted by atomic mass is 10.0. The van der Waals surface area contributed by atoms with Gasteiger partial charge >= 0.3 is 0 Å². The molecule has 0 amide bonds. The lowest BCUT2D eigenvalue weighted by Crippen LogP contribution is -2.51. The van der Waals surface area contributed by atoms with Gasteiger partial charge in [-0.15, -0.1) is 0 Å². The topological polar surface area (TPSA) is 55.2 Å². The van der Waals surface area contributed by atoms with E-state index in [2.05, 4.69) is 21.0 Å². The average Bonchev–Trinajstić information content (AvgIpc) is 2.77. The molecule has 1 aliphatic heterocycles. The monoisotopic (exact) mass is 391 g/mol. The molecule has 1 aromatic carbocycles. The summed E-state index contributed by atoms with van der Waals surface area (Å²) in [4.78, 5) is -0.356. The second-order valence-corrected chi connectivity index (χ2v) is 8.03. The fourth-order valence-corrected chi connectivity index (χ4v) is 4.33. The molecule has 1 aliphatic rings. The summed E-state index contributed by atoms with van der Waals surface area (Å²) < 4.78 is 54.7. The van der Waals surface area contributed by atoms with Crippen LogP contribution in [0.15, 0.2) is 40.0 Å². The van der Waals surface area contributed by atoms with Crippen molar-refractivity contribution in [1.29, 1.82) is 0 Å². The van der Waals surface area contributed by atoms with Crippen molar-refractivity contribution in [1.82, 2.24) is 14.1 Å². The van der Waals surface area contributed by atoms with Gasteiger partial charge in [0.15, 0.2) is 0 Å². The molecular weight excluding hydrogens is 380 g/mol. The third-order valence-electron chi connectivity index (χ3n) is 3.44. The molecule has 1 fully saturated rings. The maximum Gasteiger partial charge on any atom is 0.243 e. The second kappa shape index (κ2) is 5.71. The molecule has 0 bridgehead atoms. The molecule has 9 heteroatoms. The molecule has 0 spiro atoms. The van der Waals surface area contributed by atoms with Crippen LogP contribution in [-0.4, -0.2) is 35.6 Å². The highest BCUT2D eigenvalue weighted by atomic mass is 79.9. The first kappa shape index (κ1) is 15.6. The molecular formula is C13H12BrF2N3O2S. The van der Waals surface area contributed by atoms with Crippen LogP contribution in [0.5, 0.6) is 0 Å². The van der Waals surface area contributed by atoms with Crippen molar-refractivity contribution in [3.8, 4) is 0 Å². The van der Waals surface area contributed by atoms with Gasteiger partial charge in [-0.1, -0.05) is 0 Å². The summed E-state index contributed by atoms with van der Waals surface area (Å²) in [6.07, 6.45) is 3.46. The van der Waals surface area contributed by atoms with E-state index in [-0.39, 0.29) is 10.8 Å². The normalized spacial score (nSPS) is 16.7. The Kier molecular flexibility index (Phi) is 4.04. The molecule has 0 atom stereocenters. The van der Waals surface area contributed by atoms with Gasteiger partial charge in [-0.3, -0.25) is 4.68 Å². The van der Waals surface area contributed by atoms with E-state index in [1.807, 2.05) is 0 Å². The second-order valence-electron chi connectivity index (χ2n) is 5.17. The van der Waals surface area contributed by atoms with Crippen molar-refractivity contribution >= 4 is 26.0 Å². The first-order chi connectivity index (χ1) is 10.3. The molecule has 5 nitrogen and oxygen atoms in total. The van der Waals surface area contributed by atoms with E-state index < -0.39 is 21.7 Å². The first-order valence-electron chi connectivity index (χ1n) is 6.49. The number of nitrogens with zero attached hydrogens (tertiary/aromatic N) is 3. The fourth-order valence-electron chi connectivity index (χ4n) is 2.36. The lowest BCUT2D eigenvalue weighted by Gasteiger charge is -2.37. The van der Waals surface area contributed by atoms with Gasteiger partial charge < -0.3 is 0 Å². The van der Waals surface area contributed by atoms with Crippen LogP contribution in [0.3, 0.4) is 0 Å². The maximum absolute atomic E-state index is 13.2. The Balaban J connectivity index is 1.68. The predicted molar refractivity (Wildman–Crippen MR) is 78.5 cm³/mol. The summed E-state index contributed by atoms with van der Waals surface area (Å²) in [7, 11) is -3.85. The minimum absolute atomic E-state index is 0.125. The van der Waals surface area contributed by atoms with E-state index >= 15 is 0 Å². The van der Waals surface area contributed by atoms with Crippen molar-refractivity contribution < 1.29 is 17.2 Å². The molecule has 2 heterocycles. The number of benzene rings is 1. The van der Waals surface area contributed by atoms with Crippen molar-refractivity contribution in [3.63, 3.8) is 0 Å². The summed E-state index contributed by atoms with van der Waals surface area (Å²) in [6, 6.07) is 2.31. The van der Waals surface area contributed by atoms with Crippen molar-refractivity contribution in [2.24, 2.45) is 5.92 Å². The Morgan fingerprint density at radius 3 is 2.41 bits per heavy atom. The number of hydrogen-bond donors (Lipinski definition) is 0. The largest absolute Gasteiger partial charge is 0.271 e. The number of aromatic nitrogens is 2. The zero-order valence-electron chi connectivity index (χ0n) is 11.3. The van der Waals surface area contributed by atoms with Gasteiger partial charge in [0.25, 0.3) is 0 Å².